The Balaban J connectivity index is 0.00000210. The number of imidazole rings is 1. The van der Waals surface area contributed by atoms with Gasteiger partial charge in [-0.25, -0.2) is 14.2 Å². The number of nitrogens with zero attached hydrogens (tertiary/aromatic N) is 5. The number of halogens is 1. The first-order valence-electron chi connectivity index (χ1n) is 18.7. The molecular weight excluding hydrogens is 657 g/mol. The maximum absolute atomic E-state index is 14.9. The average Bonchev–Trinajstić information content (AvgIpc) is 3.44. The Hall–Kier alpha value is -4.18. The summed E-state index contributed by atoms with van der Waals surface area (Å²) in [6.07, 6.45) is 14.0. The molecule has 1 aliphatic heterocycles. The van der Waals surface area contributed by atoms with Crippen molar-refractivity contribution in [1.29, 1.82) is 0 Å². The summed E-state index contributed by atoms with van der Waals surface area (Å²) in [6, 6.07) is 4.36. The van der Waals surface area contributed by atoms with Crippen LogP contribution in [-0.4, -0.2) is 94.8 Å². The van der Waals surface area contributed by atoms with Gasteiger partial charge in [0.1, 0.15) is 11.4 Å². The maximum Gasteiger partial charge on any atom is 0.410 e. The number of allylic oxidation sites excluding steroid dienone is 7. The standard InChI is InChI=1S/C36H52FN5O4.C4H8.C2H6/c1-9-10-11-12-13-19-42-28(4)38-31(33(42)27(2)3)17-20-39(8)34(43)29-15-16-32(30(37)26-29)45-25-14-18-40-21-23-41(24-22-40)35(44)46-36(5,6)7;1-3-4-2;1-2/h9-12,15-16,26H,2,13-14,17-25H2,1,3-8H3;3-4H,1-2H3;1-2H3/b10-9-,12-11-;4-3-;. The van der Waals surface area contributed by atoms with Crippen LogP contribution in [0.25, 0.3) is 5.57 Å². The minimum atomic E-state index is -0.562. The zero-order valence-electron chi connectivity index (χ0n) is 33.9. The molecular formula is C42H66FN5O4. The van der Waals surface area contributed by atoms with Gasteiger partial charge in [0.25, 0.3) is 5.91 Å². The molecule has 1 saturated heterocycles. The van der Waals surface area contributed by atoms with Crippen LogP contribution in [0.1, 0.15) is 103 Å². The predicted octanol–water partition coefficient (Wildman–Crippen LogP) is 9.13. The summed E-state index contributed by atoms with van der Waals surface area (Å²) >= 11 is 0. The van der Waals surface area contributed by atoms with Gasteiger partial charge in [-0.3, -0.25) is 9.69 Å². The first-order chi connectivity index (χ1) is 24.7. The highest BCUT2D eigenvalue weighted by atomic mass is 19.1. The highest BCUT2D eigenvalue weighted by Gasteiger charge is 2.26. The summed E-state index contributed by atoms with van der Waals surface area (Å²) in [5, 5.41) is 0. The molecule has 0 bridgehead atoms. The Morgan fingerprint density at radius 2 is 1.67 bits per heavy atom. The molecule has 290 valence electrons. The second-order valence-corrected chi connectivity index (χ2v) is 13.4. The number of amides is 2. The minimum Gasteiger partial charge on any atom is -0.490 e. The third kappa shape index (κ3) is 16.0. The molecule has 1 aliphatic rings. The van der Waals surface area contributed by atoms with E-state index in [1.807, 2.05) is 99.6 Å². The molecule has 52 heavy (non-hydrogen) atoms. The quantitative estimate of drug-likeness (QED) is 0.110. The Morgan fingerprint density at radius 1 is 1.02 bits per heavy atom. The van der Waals surface area contributed by atoms with Crippen LogP contribution in [0.5, 0.6) is 5.75 Å². The van der Waals surface area contributed by atoms with E-state index in [2.05, 4.69) is 22.1 Å². The van der Waals surface area contributed by atoms with Crippen molar-refractivity contribution in [2.75, 3.05) is 52.9 Å². The number of benzene rings is 1. The van der Waals surface area contributed by atoms with Gasteiger partial charge < -0.3 is 23.8 Å². The van der Waals surface area contributed by atoms with Gasteiger partial charge in [0.15, 0.2) is 11.6 Å². The van der Waals surface area contributed by atoms with Gasteiger partial charge in [-0.05, 0) is 92.0 Å². The zero-order valence-corrected chi connectivity index (χ0v) is 33.9. The third-order valence-corrected chi connectivity index (χ3v) is 8.04. The lowest BCUT2D eigenvalue weighted by Crippen LogP contribution is -2.50. The molecule has 0 spiro atoms. The van der Waals surface area contributed by atoms with Crippen LogP contribution < -0.4 is 4.74 Å². The van der Waals surface area contributed by atoms with E-state index in [9.17, 15) is 14.0 Å². The Kier molecular flexibility index (Phi) is 21.3. The SMILES string of the molecule is C/C=C\C.C=C(C)c1c(CCN(C)C(=O)c2ccc(OCCCN3CCN(C(=O)OC(C)(C)C)CC3)c(F)c2)nc(C)n1CC/C=C\C=C/C.CC. The van der Waals surface area contributed by atoms with Crippen LogP contribution in [0.15, 0.2) is 61.2 Å². The molecule has 0 aliphatic carbocycles. The van der Waals surface area contributed by atoms with Crippen LogP contribution in [0.3, 0.4) is 0 Å². The molecule has 0 saturated carbocycles. The van der Waals surface area contributed by atoms with E-state index in [1.54, 1.807) is 22.9 Å². The number of rotatable bonds is 14. The highest BCUT2D eigenvalue weighted by molar-refractivity contribution is 5.94. The number of ether oxygens (including phenoxy) is 2. The molecule has 1 fully saturated rings. The van der Waals surface area contributed by atoms with Crippen LogP contribution in [0.2, 0.25) is 0 Å². The Morgan fingerprint density at radius 3 is 2.23 bits per heavy atom. The number of hydrogen-bond donors (Lipinski definition) is 0. The largest absolute Gasteiger partial charge is 0.490 e. The number of aromatic nitrogens is 2. The van der Waals surface area contributed by atoms with Crippen molar-refractivity contribution >= 4 is 17.6 Å². The van der Waals surface area contributed by atoms with Crippen molar-refractivity contribution < 1.29 is 23.5 Å². The fourth-order valence-electron chi connectivity index (χ4n) is 5.34. The van der Waals surface area contributed by atoms with Gasteiger partial charge in [0, 0.05) is 64.8 Å². The molecule has 10 heteroatoms. The monoisotopic (exact) mass is 724 g/mol. The number of aryl methyl sites for hydroxylation is 1. The lowest BCUT2D eigenvalue weighted by Gasteiger charge is -2.35. The topological polar surface area (TPSA) is 80.1 Å². The van der Waals surface area contributed by atoms with Gasteiger partial charge in [-0.2, -0.15) is 0 Å². The van der Waals surface area contributed by atoms with E-state index >= 15 is 0 Å². The molecule has 0 atom stereocenters. The molecule has 9 nitrogen and oxygen atoms in total. The first kappa shape index (κ1) is 45.8. The van der Waals surface area contributed by atoms with Crippen LogP contribution in [-0.2, 0) is 17.7 Å². The van der Waals surface area contributed by atoms with Gasteiger partial charge in [0.2, 0.25) is 0 Å². The van der Waals surface area contributed by atoms with Crippen molar-refractivity contribution in [3.05, 3.63) is 89.8 Å². The Bertz CT molecular complexity index is 1480. The molecule has 2 aromatic rings. The van der Waals surface area contributed by atoms with Gasteiger partial charge in [0.05, 0.1) is 18.0 Å². The van der Waals surface area contributed by atoms with Crippen molar-refractivity contribution in [3.63, 3.8) is 0 Å². The van der Waals surface area contributed by atoms with Gasteiger partial charge >= 0.3 is 6.09 Å². The minimum absolute atomic E-state index is 0.127. The number of likely N-dealkylation sites (N-methyl/N-ethyl adjacent to an activating group) is 1. The molecule has 1 aromatic carbocycles. The number of carbonyl (C=O) groups excluding carboxylic acids is 2. The van der Waals surface area contributed by atoms with Crippen LogP contribution >= 0.6 is 0 Å². The first-order valence-corrected chi connectivity index (χ1v) is 18.7. The smallest absolute Gasteiger partial charge is 0.410 e. The lowest BCUT2D eigenvalue weighted by molar-refractivity contribution is 0.0142. The molecule has 2 amide bonds. The van der Waals surface area contributed by atoms with E-state index in [0.29, 0.717) is 39.1 Å². The van der Waals surface area contributed by atoms with Crippen molar-refractivity contribution in [2.24, 2.45) is 0 Å². The number of piperazine rings is 1. The summed E-state index contributed by atoms with van der Waals surface area (Å²) in [6.45, 7) is 28.8. The van der Waals surface area contributed by atoms with Gasteiger partial charge in [-0.15, -0.1) is 0 Å². The molecule has 0 unspecified atom stereocenters. The van der Waals surface area contributed by atoms with Gasteiger partial charge in [-0.1, -0.05) is 56.9 Å². The second kappa shape index (κ2) is 24.1. The molecule has 2 heterocycles. The predicted molar refractivity (Wildman–Crippen MR) is 214 cm³/mol. The van der Waals surface area contributed by atoms with Crippen LogP contribution in [0.4, 0.5) is 9.18 Å². The normalized spacial score (nSPS) is 13.5. The Labute approximate surface area is 313 Å². The second-order valence-electron chi connectivity index (χ2n) is 13.4. The maximum atomic E-state index is 14.9. The molecule has 0 radical (unpaired) electrons. The van der Waals surface area contributed by atoms with Crippen molar-refractivity contribution in [3.8, 4) is 5.75 Å². The highest BCUT2D eigenvalue weighted by Crippen LogP contribution is 2.23. The fourth-order valence-corrected chi connectivity index (χ4v) is 5.34. The van der Waals surface area contributed by atoms with E-state index in [1.165, 1.54) is 12.1 Å². The number of hydrogen-bond acceptors (Lipinski definition) is 6. The molecule has 1 aromatic heterocycles. The summed E-state index contributed by atoms with van der Waals surface area (Å²) in [7, 11) is 1.72. The summed E-state index contributed by atoms with van der Waals surface area (Å²) in [5.74, 6) is 0.215. The molecule has 3 rings (SSSR count). The van der Waals surface area contributed by atoms with Crippen LogP contribution in [0, 0.1) is 12.7 Å². The number of carbonyl (C=O) groups is 2. The lowest BCUT2D eigenvalue weighted by atomic mass is 10.1. The van der Waals surface area contributed by atoms with Crippen molar-refractivity contribution in [1.82, 2.24) is 24.3 Å². The van der Waals surface area contributed by atoms with E-state index < -0.39 is 11.4 Å². The van der Waals surface area contributed by atoms with E-state index in [0.717, 1.165) is 55.4 Å². The van der Waals surface area contributed by atoms with E-state index in [-0.39, 0.29) is 23.3 Å². The third-order valence-electron chi connectivity index (χ3n) is 8.04. The van der Waals surface area contributed by atoms with E-state index in [4.69, 9.17) is 14.5 Å². The van der Waals surface area contributed by atoms with Crippen molar-refractivity contribution in [2.45, 2.75) is 101 Å². The zero-order chi connectivity index (χ0) is 39.3. The molecule has 0 N–H and O–H groups in total. The summed E-state index contributed by atoms with van der Waals surface area (Å²) in [4.78, 5) is 35.8. The average molecular weight is 724 g/mol. The fraction of sp³-hybridized carbons (Fsp3) is 0.548. The summed E-state index contributed by atoms with van der Waals surface area (Å²) in [5.41, 5.74) is 2.60. The summed E-state index contributed by atoms with van der Waals surface area (Å²) < 4.78 is 28.3.